The molecule has 164 valence electrons. The number of thioether (sulfide) groups is 1. The molecule has 1 atom stereocenters. The van der Waals surface area contributed by atoms with Crippen molar-refractivity contribution in [2.75, 3.05) is 16.0 Å². The molecule has 1 fully saturated rings. The quantitative estimate of drug-likeness (QED) is 0.406. The van der Waals surface area contributed by atoms with Crippen LogP contribution in [-0.4, -0.2) is 17.6 Å². The van der Waals surface area contributed by atoms with E-state index in [0.29, 0.717) is 11.3 Å². The lowest BCUT2D eigenvalue weighted by atomic mass is 10.1. The summed E-state index contributed by atoms with van der Waals surface area (Å²) in [5.41, 5.74) is 4.61. The van der Waals surface area contributed by atoms with Crippen molar-refractivity contribution in [2.45, 2.75) is 38.0 Å². The topological polar surface area (TPSA) is 49.4 Å². The van der Waals surface area contributed by atoms with Crippen LogP contribution in [0.1, 0.15) is 53.0 Å². The van der Waals surface area contributed by atoms with Gasteiger partial charge in [0.25, 0.3) is 5.91 Å². The van der Waals surface area contributed by atoms with Crippen LogP contribution < -0.4 is 10.2 Å². The van der Waals surface area contributed by atoms with Crippen LogP contribution in [0.4, 0.5) is 11.4 Å². The molecule has 1 aliphatic rings. The molecule has 2 amide bonds. The van der Waals surface area contributed by atoms with Crippen LogP contribution in [0.15, 0.2) is 78.9 Å². The molecule has 0 aromatic heterocycles. The zero-order valence-electron chi connectivity index (χ0n) is 18.3. The minimum absolute atomic E-state index is 0.0603. The number of benzene rings is 3. The van der Waals surface area contributed by atoms with Crippen LogP contribution in [0.3, 0.4) is 0 Å². The van der Waals surface area contributed by atoms with E-state index in [1.807, 2.05) is 83.8 Å². The number of carbonyl (C=O) groups is 2. The third-order valence-corrected chi connectivity index (χ3v) is 6.85. The van der Waals surface area contributed by atoms with Crippen LogP contribution in [0.25, 0.3) is 0 Å². The third kappa shape index (κ3) is 5.22. The molecule has 4 nitrogen and oxygen atoms in total. The largest absolute Gasteiger partial charge is 0.322 e. The van der Waals surface area contributed by atoms with Gasteiger partial charge in [-0.15, -0.1) is 11.8 Å². The Kier molecular flexibility index (Phi) is 7.28. The van der Waals surface area contributed by atoms with Gasteiger partial charge in [0, 0.05) is 16.9 Å². The number of nitrogens with one attached hydrogen (secondary N) is 1. The molecule has 0 bridgehead atoms. The number of hydrogen-bond donors (Lipinski definition) is 1. The van der Waals surface area contributed by atoms with Gasteiger partial charge < -0.3 is 5.32 Å². The first-order valence-electron chi connectivity index (χ1n) is 11.1. The van der Waals surface area contributed by atoms with Crippen molar-refractivity contribution in [1.29, 1.82) is 0 Å². The maximum Gasteiger partial charge on any atom is 0.255 e. The van der Waals surface area contributed by atoms with E-state index in [1.54, 1.807) is 11.8 Å². The predicted octanol–water partition coefficient (Wildman–Crippen LogP) is 6.45. The van der Waals surface area contributed by atoms with Gasteiger partial charge in [0.2, 0.25) is 5.91 Å². The molecule has 5 heteroatoms. The Morgan fingerprint density at radius 3 is 2.38 bits per heavy atom. The van der Waals surface area contributed by atoms with Crippen LogP contribution in [0, 0.1) is 0 Å². The highest BCUT2D eigenvalue weighted by atomic mass is 32.2. The highest BCUT2D eigenvalue weighted by molar-refractivity contribution is 8.00. The van der Waals surface area contributed by atoms with Crippen molar-refractivity contribution < 1.29 is 9.59 Å². The van der Waals surface area contributed by atoms with Crippen molar-refractivity contribution >= 4 is 35.0 Å². The summed E-state index contributed by atoms with van der Waals surface area (Å²) in [6, 6.07) is 25.4. The van der Waals surface area contributed by atoms with E-state index in [0.717, 1.165) is 23.4 Å². The Bertz CT molecular complexity index is 1050. The average molecular weight is 445 g/mol. The van der Waals surface area contributed by atoms with Gasteiger partial charge in [-0.2, -0.15) is 0 Å². The average Bonchev–Trinajstić information content (AvgIpc) is 3.22. The van der Waals surface area contributed by atoms with E-state index in [2.05, 4.69) is 12.2 Å². The van der Waals surface area contributed by atoms with Gasteiger partial charge in [-0.05, 0) is 60.4 Å². The second-order valence-electron chi connectivity index (χ2n) is 7.99. The molecule has 0 aliphatic carbocycles. The Morgan fingerprint density at radius 1 is 0.969 bits per heavy atom. The summed E-state index contributed by atoms with van der Waals surface area (Å²) in [6.45, 7) is 2.20. The number of amides is 2. The summed E-state index contributed by atoms with van der Waals surface area (Å²) in [5.74, 6) is 0.461. The Labute approximate surface area is 194 Å². The van der Waals surface area contributed by atoms with Gasteiger partial charge in [0.15, 0.2) is 0 Å². The fraction of sp³-hybridized carbons (Fsp3) is 0.259. The number of unbranched alkanes of at least 4 members (excludes halogenated alkanes) is 2. The van der Waals surface area contributed by atoms with Gasteiger partial charge in [-0.25, -0.2) is 0 Å². The lowest BCUT2D eigenvalue weighted by Crippen LogP contribution is -2.27. The molecule has 1 N–H and O–H groups in total. The molecule has 4 rings (SSSR count). The van der Waals surface area contributed by atoms with Crippen LogP contribution in [-0.2, 0) is 11.2 Å². The Balaban J connectivity index is 1.40. The highest BCUT2D eigenvalue weighted by Crippen LogP contribution is 2.41. The van der Waals surface area contributed by atoms with Crippen molar-refractivity contribution in [3.05, 3.63) is 95.6 Å². The first-order chi connectivity index (χ1) is 15.7. The van der Waals surface area contributed by atoms with Crippen molar-refractivity contribution in [1.82, 2.24) is 0 Å². The number of aryl methyl sites for hydroxylation is 1. The molecule has 0 radical (unpaired) electrons. The second kappa shape index (κ2) is 10.5. The molecular weight excluding hydrogens is 416 g/mol. The van der Waals surface area contributed by atoms with E-state index >= 15 is 0 Å². The van der Waals surface area contributed by atoms with E-state index in [4.69, 9.17) is 0 Å². The molecule has 0 saturated carbocycles. The smallest absolute Gasteiger partial charge is 0.255 e. The SMILES string of the molecule is CCCCCc1ccc(C(=O)Nc2ccc([C@H]3SCC(=O)N3c3ccccc3)cc2)cc1. The third-order valence-electron chi connectivity index (χ3n) is 5.64. The zero-order chi connectivity index (χ0) is 22.3. The van der Waals surface area contributed by atoms with Crippen molar-refractivity contribution in [3.8, 4) is 0 Å². The van der Waals surface area contributed by atoms with Gasteiger partial charge in [-0.3, -0.25) is 14.5 Å². The summed E-state index contributed by atoms with van der Waals surface area (Å²) in [5, 5.41) is 2.91. The summed E-state index contributed by atoms with van der Waals surface area (Å²) in [7, 11) is 0. The minimum atomic E-state index is -0.116. The molecule has 32 heavy (non-hydrogen) atoms. The summed E-state index contributed by atoms with van der Waals surface area (Å²) in [4.78, 5) is 27.0. The lowest BCUT2D eigenvalue weighted by Gasteiger charge is -2.24. The maximum atomic E-state index is 12.6. The summed E-state index contributed by atoms with van der Waals surface area (Å²) < 4.78 is 0. The van der Waals surface area contributed by atoms with E-state index in [1.165, 1.54) is 24.8 Å². The number of nitrogens with zero attached hydrogens (tertiary/aromatic N) is 1. The summed E-state index contributed by atoms with van der Waals surface area (Å²) in [6.07, 6.45) is 4.67. The van der Waals surface area contributed by atoms with Crippen LogP contribution in [0.2, 0.25) is 0 Å². The standard InChI is InChI=1S/C27H28N2O2S/c1-2-3-5-8-20-11-13-21(14-12-20)26(31)28-23-17-15-22(16-18-23)27-29(25(30)19-32-27)24-9-6-4-7-10-24/h4,6-7,9-18,27H,2-3,5,8,19H2,1H3,(H,28,31)/t27-/m1/s1. The van der Waals surface area contributed by atoms with Crippen LogP contribution >= 0.6 is 11.8 Å². The van der Waals surface area contributed by atoms with Crippen LogP contribution in [0.5, 0.6) is 0 Å². The first-order valence-corrected chi connectivity index (χ1v) is 12.2. The number of para-hydroxylation sites is 1. The van der Waals surface area contributed by atoms with Crippen molar-refractivity contribution in [3.63, 3.8) is 0 Å². The first kappa shape index (κ1) is 22.2. The zero-order valence-corrected chi connectivity index (χ0v) is 19.1. The fourth-order valence-corrected chi connectivity index (χ4v) is 5.05. The molecule has 0 spiro atoms. The monoisotopic (exact) mass is 444 g/mol. The predicted molar refractivity (Wildman–Crippen MR) is 133 cm³/mol. The molecule has 3 aromatic carbocycles. The van der Waals surface area contributed by atoms with E-state index < -0.39 is 0 Å². The van der Waals surface area contributed by atoms with E-state index in [9.17, 15) is 9.59 Å². The van der Waals surface area contributed by atoms with Gasteiger partial charge in [0.1, 0.15) is 5.37 Å². The fourth-order valence-electron chi connectivity index (χ4n) is 3.87. The summed E-state index contributed by atoms with van der Waals surface area (Å²) >= 11 is 1.62. The second-order valence-corrected chi connectivity index (χ2v) is 9.06. The molecule has 1 aliphatic heterocycles. The number of hydrogen-bond acceptors (Lipinski definition) is 3. The molecule has 1 saturated heterocycles. The Hall–Kier alpha value is -3.05. The molecule has 3 aromatic rings. The lowest BCUT2D eigenvalue weighted by molar-refractivity contribution is -0.115. The Morgan fingerprint density at radius 2 is 1.69 bits per heavy atom. The van der Waals surface area contributed by atoms with E-state index in [-0.39, 0.29) is 17.2 Å². The molecule has 0 unspecified atom stereocenters. The number of anilines is 2. The van der Waals surface area contributed by atoms with Gasteiger partial charge in [-0.1, -0.05) is 62.2 Å². The normalized spacial score (nSPS) is 15.7. The molecular formula is C27H28N2O2S. The van der Waals surface area contributed by atoms with Gasteiger partial charge in [0.05, 0.1) is 5.75 Å². The van der Waals surface area contributed by atoms with Gasteiger partial charge >= 0.3 is 0 Å². The number of rotatable bonds is 8. The maximum absolute atomic E-state index is 12.6. The minimum Gasteiger partial charge on any atom is -0.322 e. The van der Waals surface area contributed by atoms with Crippen molar-refractivity contribution in [2.24, 2.45) is 0 Å². The number of carbonyl (C=O) groups excluding carboxylic acids is 2. The molecule has 1 heterocycles. The highest BCUT2D eigenvalue weighted by Gasteiger charge is 2.33.